The topological polar surface area (TPSA) is 61.8 Å². The number of unbranched alkanes of at least 4 members (excludes halogenated alkanes) is 1. The minimum absolute atomic E-state index is 0.294. The molecule has 0 aromatic heterocycles. The van der Waals surface area contributed by atoms with Crippen LogP contribution in [0.25, 0.3) is 0 Å². The SMILES string of the molecule is CCCCOc1ccc(OC(=O)c2ccc(OC(=O)CC)cc2)cc1. The Bertz CT molecular complexity index is 689. The maximum absolute atomic E-state index is 12.1. The highest BCUT2D eigenvalue weighted by Crippen LogP contribution is 2.20. The first-order valence-corrected chi connectivity index (χ1v) is 8.38. The first-order valence-electron chi connectivity index (χ1n) is 8.38. The van der Waals surface area contributed by atoms with Gasteiger partial charge in [-0.3, -0.25) is 4.79 Å². The van der Waals surface area contributed by atoms with Crippen molar-refractivity contribution >= 4 is 11.9 Å². The van der Waals surface area contributed by atoms with Gasteiger partial charge in [0.05, 0.1) is 12.2 Å². The summed E-state index contributed by atoms with van der Waals surface area (Å²) in [5.41, 5.74) is 0.375. The van der Waals surface area contributed by atoms with Crippen LogP contribution in [0.1, 0.15) is 43.5 Å². The molecule has 0 N–H and O–H groups in total. The number of hydrogen-bond donors (Lipinski definition) is 0. The standard InChI is InChI=1S/C20H22O5/c1-3-5-14-23-16-10-12-18(13-11-16)25-20(22)15-6-8-17(9-7-15)24-19(21)4-2/h6-13H,3-5,14H2,1-2H3. The predicted octanol–water partition coefficient (Wildman–Crippen LogP) is 4.40. The van der Waals surface area contributed by atoms with Crippen LogP contribution in [0.5, 0.6) is 17.2 Å². The largest absolute Gasteiger partial charge is 0.494 e. The molecule has 25 heavy (non-hydrogen) atoms. The Morgan fingerprint density at radius 1 is 0.800 bits per heavy atom. The molecule has 0 aliphatic carbocycles. The summed E-state index contributed by atoms with van der Waals surface area (Å²) < 4.78 is 15.9. The molecular weight excluding hydrogens is 320 g/mol. The van der Waals surface area contributed by atoms with Gasteiger partial charge in [0.1, 0.15) is 17.2 Å². The molecule has 132 valence electrons. The number of esters is 2. The molecule has 0 amide bonds. The van der Waals surface area contributed by atoms with Crippen LogP contribution in [-0.2, 0) is 4.79 Å². The van der Waals surface area contributed by atoms with E-state index in [4.69, 9.17) is 14.2 Å². The summed E-state index contributed by atoms with van der Waals surface area (Å²) in [7, 11) is 0. The number of carbonyl (C=O) groups is 2. The third-order valence-corrected chi connectivity index (χ3v) is 3.41. The summed E-state index contributed by atoms with van der Waals surface area (Å²) in [4.78, 5) is 23.4. The van der Waals surface area contributed by atoms with Crippen molar-refractivity contribution in [1.29, 1.82) is 0 Å². The Morgan fingerprint density at radius 2 is 1.36 bits per heavy atom. The Kier molecular flexibility index (Phi) is 7.01. The highest BCUT2D eigenvalue weighted by atomic mass is 16.5. The molecule has 2 aromatic rings. The first-order chi connectivity index (χ1) is 12.1. The second kappa shape index (κ2) is 9.47. The van der Waals surface area contributed by atoms with E-state index in [9.17, 15) is 9.59 Å². The summed E-state index contributed by atoms with van der Waals surface area (Å²) in [5.74, 6) is 0.784. The van der Waals surface area contributed by atoms with Gasteiger partial charge in [-0.1, -0.05) is 20.3 Å². The second-order valence-corrected chi connectivity index (χ2v) is 5.41. The zero-order valence-corrected chi connectivity index (χ0v) is 14.5. The summed E-state index contributed by atoms with van der Waals surface area (Å²) in [6.45, 7) is 4.49. The number of hydrogen-bond acceptors (Lipinski definition) is 5. The van der Waals surface area contributed by atoms with E-state index in [2.05, 4.69) is 6.92 Å². The average molecular weight is 342 g/mol. The third kappa shape index (κ3) is 5.95. The van der Waals surface area contributed by atoms with Crippen LogP contribution < -0.4 is 14.2 Å². The van der Waals surface area contributed by atoms with Crippen LogP contribution in [0.2, 0.25) is 0 Å². The lowest BCUT2D eigenvalue weighted by molar-refractivity contribution is -0.134. The molecule has 2 rings (SSSR count). The van der Waals surface area contributed by atoms with Crippen molar-refractivity contribution in [2.45, 2.75) is 33.1 Å². The molecule has 0 spiro atoms. The van der Waals surface area contributed by atoms with Gasteiger partial charge in [0.2, 0.25) is 0 Å². The fourth-order valence-corrected chi connectivity index (χ4v) is 1.97. The molecule has 0 heterocycles. The lowest BCUT2D eigenvalue weighted by Gasteiger charge is -2.08. The maximum Gasteiger partial charge on any atom is 0.343 e. The molecule has 0 saturated heterocycles. The van der Waals surface area contributed by atoms with Crippen molar-refractivity contribution in [3.05, 3.63) is 54.1 Å². The number of carbonyl (C=O) groups excluding carboxylic acids is 2. The van der Waals surface area contributed by atoms with E-state index in [-0.39, 0.29) is 5.97 Å². The number of benzene rings is 2. The summed E-state index contributed by atoms with van der Waals surface area (Å²) >= 11 is 0. The molecule has 0 unspecified atom stereocenters. The van der Waals surface area contributed by atoms with Gasteiger partial charge in [-0.05, 0) is 55.0 Å². The molecule has 0 fully saturated rings. The predicted molar refractivity (Wildman–Crippen MR) is 94.2 cm³/mol. The van der Waals surface area contributed by atoms with E-state index in [0.717, 1.165) is 18.6 Å². The normalized spacial score (nSPS) is 10.2. The minimum Gasteiger partial charge on any atom is -0.494 e. The molecule has 0 bridgehead atoms. The van der Waals surface area contributed by atoms with E-state index >= 15 is 0 Å². The molecular formula is C20H22O5. The molecule has 0 aliphatic heterocycles. The summed E-state index contributed by atoms with van der Waals surface area (Å²) in [6.07, 6.45) is 2.37. The Hall–Kier alpha value is -2.82. The van der Waals surface area contributed by atoms with Crippen LogP contribution in [-0.4, -0.2) is 18.5 Å². The van der Waals surface area contributed by atoms with Gasteiger partial charge >= 0.3 is 11.9 Å². The number of rotatable bonds is 8. The van der Waals surface area contributed by atoms with Gasteiger partial charge in [0.25, 0.3) is 0 Å². The highest BCUT2D eigenvalue weighted by molar-refractivity contribution is 5.91. The van der Waals surface area contributed by atoms with Gasteiger partial charge in [-0.25, -0.2) is 4.79 Å². The Balaban J connectivity index is 1.91. The van der Waals surface area contributed by atoms with Crippen molar-refractivity contribution in [2.24, 2.45) is 0 Å². The second-order valence-electron chi connectivity index (χ2n) is 5.41. The molecule has 5 heteroatoms. The monoisotopic (exact) mass is 342 g/mol. The van der Waals surface area contributed by atoms with Crippen molar-refractivity contribution in [2.75, 3.05) is 6.61 Å². The fourth-order valence-electron chi connectivity index (χ4n) is 1.97. The minimum atomic E-state index is -0.479. The van der Waals surface area contributed by atoms with Crippen LogP contribution in [0, 0.1) is 0 Å². The van der Waals surface area contributed by atoms with E-state index in [1.807, 2.05) is 0 Å². The van der Waals surface area contributed by atoms with Gasteiger partial charge in [-0.2, -0.15) is 0 Å². The maximum atomic E-state index is 12.1. The third-order valence-electron chi connectivity index (χ3n) is 3.41. The average Bonchev–Trinajstić information content (AvgIpc) is 2.64. The highest BCUT2D eigenvalue weighted by Gasteiger charge is 2.10. The zero-order chi connectivity index (χ0) is 18.1. The Morgan fingerprint density at radius 3 is 1.96 bits per heavy atom. The van der Waals surface area contributed by atoms with Crippen molar-refractivity contribution < 1.29 is 23.8 Å². The van der Waals surface area contributed by atoms with Crippen LogP contribution in [0.15, 0.2) is 48.5 Å². The summed E-state index contributed by atoms with van der Waals surface area (Å²) in [5, 5.41) is 0. The van der Waals surface area contributed by atoms with Crippen molar-refractivity contribution in [3.8, 4) is 17.2 Å². The van der Waals surface area contributed by atoms with Gasteiger partial charge in [-0.15, -0.1) is 0 Å². The lowest BCUT2D eigenvalue weighted by Crippen LogP contribution is -2.09. The lowest BCUT2D eigenvalue weighted by atomic mass is 10.2. The van der Waals surface area contributed by atoms with Crippen molar-refractivity contribution in [3.63, 3.8) is 0 Å². The van der Waals surface area contributed by atoms with E-state index < -0.39 is 5.97 Å². The van der Waals surface area contributed by atoms with E-state index in [1.165, 1.54) is 0 Å². The van der Waals surface area contributed by atoms with Crippen LogP contribution in [0.3, 0.4) is 0 Å². The molecule has 0 radical (unpaired) electrons. The molecule has 0 aliphatic rings. The van der Waals surface area contributed by atoms with E-state index in [1.54, 1.807) is 55.5 Å². The van der Waals surface area contributed by atoms with E-state index in [0.29, 0.717) is 30.1 Å². The van der Waals surface area contributed by atoms with Gasteiger partial charge in [0.15, 0.2) is 0 Å². The Labute approximate surface area is 147 Å². The molecule has 0 saturated carbocycles. The van der Waals surface area contributed by atoms with Crippen LogP contribution in [0.4, 0.5) is 0 Å². The van der Waals surface area contributed by atoms with Crippen molar-refractivity contribution in [1.82, 2.24) is 0 Å². The molecule has 0 atom stereocenters. The fraction of sp³-hybridized carbons (Fsp3) is 0.300. The van der Waals surface area contributed by atoms with Crippen LogP contribution >= 0.6 is 0 Å². The van der Waals surface area contributed by atoms with Gasteiger partial charge < -0.3 is 14.2 Å². The summed E-state index contributed by atoms with van der Waals surface area (Å²) in [6, 6.07) is 13.2. The first kappa shape index (κ1) is 18.5. The smallest absolute Gasteiger partial charge is 0.343 e. The molecule has 5 nitrogen and oxygen atoms in total. The molecule has 2 aromatic carbocycles. The number of ether oxygens (including phenoxy) is 3. The van der Waals surface area contributed by atoms with Gasteiger partial charge in [0, 0.05) is 6.42 Å². The quantitative estimate of drug-likeness (QED) is 0.404. The zero-order valence-electron chi connectivity index (χ0n) is 14.5.